The van der Waals surface area contributed by atoms with Crippen molar-refractivity contribution < 1.29 is 9.59 Å². The third kappa shape index (κ3) is 4.29. The fourth-order valence-electron chi connectivity index (χ4n) is 1.12. The van der Waals surface area contributed by atoms with E-state index in [1.807, 2.05) is 19.1 Å². The third-order valence-electron chi connectivity index (χ3n) is 1.80. The fourth-order valence-corrected chi connectivity index (χ4v) is 2.80. The van der Waals surface area contributed by atoms with Crippen LogP contribution in [0.3, 0.4) is 0 Å². The van der Waals surface area contributed by atoms with Gasteiger partial charge in [-0.05, 0) is 56.5 Å². The Hall–Kier alpha value is -0.590. The van der Waals surface area contributed by atoms with Crippen LogP contribution in [-0.2, 0) is 4.79 Å². The van der Waals surface area contributed by atoms with Crippen LogP contribution in [0.15, 0.2) is 21.1 Å². The van der Waals surface area contributed by atoms with Gasteiger partial charge in [-0.25, -0.2) is 4.79 Å². The monoisotopic (exact) mass is 382 g/mol. The molecule has 1 aromatic carbocycles. The van der Waals surface area contributed by atoms with E-state index in [0.29, 0.717) is 5.69 Å². The standard InChI is InChI=1S/C10H9Br2ClN2O2/c1-5-2-6(11)9(7(12)3-5)15-10(17)14-8(16)4-13/h2-3H,4H2,1H3,(H2,14,15,16,17). The number of rotatable bonds is 2. The van der Waals surface area contributed by atoms with Crippen molar-refractivity contribution in [3.63, 3.8) is 0 Å². The number of carbonyl (C=O) groups excluding carboxylic acids is 2. The van der Waals surface area contributed by atoms with Crippen LogP contribution >= 0.6 is 43.5 Å². The zero-order valence-corrected chi connectivity index (χ0v) is 12.7. The molecule has 0 heterocycles. The summed E-state index contributed by atoms with van der Waals surface area (Å²) in [6.45, 7) is 1.93. The number of imide groups is 1. The Balaban J connectivity index is 2.82. The largest absolute Gasteiger partial charge is 0.325 e. The molecule has 0 unspecified atom stereocenters. The number of hydrogen-bond donors (Lipinski definition) is 2. The van der Waals surface area contributed by atoms with Crippen LogP contribution < -0.4 is 10.6 Å². The van der Waals surface area contributed by atoms with Crippen LogP contribution in [0.2, 0.25) is 0 Å². The lowest BCUT2D eigenvalue weighted by Gasteiger charge is -2.10. The zero-order valence-electron chi connectivity index (χ0n) is 8.81. The Kier molecular flexibility index (Phi) is 5.42. The first kappa shape index (κ1) is 14.5. The maximum Gasteiger partial charge on any atom is 0.325 e. The number of carbonyl (C=O) groups is 2. The Morgan fingerprint density at radius 2 is 1.82 bits per heavy atom. The Bertz CT molecular complexity index is 443. The Morgan fingerprint density at radius 1 is 1.29 bits per heavy atom. The van der Waals surface area contributed by atoms with Crippen LogP contribution in [0.4, 0.5) is 10.5 Å². The van der Waals surface area contributed by atoms with Gasteiger partial charge in [0.15, 0.2) is 0 Å². The van der Waals surface area contributed by atoms with Gasteiger partial charge in [0.1, 0.15) is 5.88 Å². The first-order valence-corrected chi connectivity index (χ1v) is 6.68. The first-order valence-electron chi connectivity index (χ1n) is 4.56. The summed E-state index contributed by atoms with van der Waals surface area (Å²) >= 11 is 11.9. The summed E-state index contributed by atoms with van der Waals surface area (Å²) in [6.07, 6.45) is 0. The molecule has 2 N–H and O–H groups in total. The van der Waals surface area contributed by atoms with Gasteiger partial charge in [0.05, 0.1) is 5.69 Å². The fraction of sp³-hybridized carbons (Fsp3) is 0.200. The molecule has 0 aliphatic carbocycles. The molecule has 0 saturated heterocycles. The average Bonchev–Trinajstić information content (AvgIpc) is 2.23. The molecule has 0 atom stereocenters. The minimum atomic E-state index is -0.624. The molecule has 0 aliphatic heterocycles. The van der Waals surface area contributed by atoms with Crippen LogP contribution in [0.5, 0.6) is 0 Å². The lowest BCUT2D eigenvalue weighted by atomic mass is 10.2. The van der Waals surface area contributed by atoms with Crippen molar-refractivity contribution in [1.82, 2.24) is 5.32 Å². The molecule has 1 aromatic rings. The van der Waals surface area contributed by atoms with Gasteiger partial charge < -0.3 is 5.32 Å². The van der Waals surface area contributed by atoms with Crippen molar-refractivity contribution >= 4 is 61.1 Å². The van der Waals surface area contributed by atoms with Crippen LogP contribution in [-0.4, -0.2) is 17.8 Å². The smallest absolute Gasteiger partial charge is 0.305 e. The molecular formula is C10H9Br2ClN2O2. The molecule has 0 bridgehead atoms. The summed E-state index contributed by atoms with van der Waals surface area (Å²) < 4.78 is 1.44. The zero-order chi connectivity index (χ0) is 13.0. The summed E-state index contributed by atoms with van der Waals surface area (Å²) in [5, 5.41) is 4.63. The van der Waals surface area contributed by atoms with E-state index >= 15 is 0 Å². The van der Waals surface area contributed by atoms with Gasteiger partial charge in [0, 0.05) is 8.95 Å². The van der Waals surface area contributed by atoms with Crippen LogP contribution in [0, 0.1) is 6.92 Å². The summed E-state index contributed by atoms with van der Waals surface area (Å²) in [4.78, 5) is 22.3. The highest BCUT2D eigenvalue weighted by Crippen LogP contribution is 2.32. The number of aryl methyl sites for hydroxylation is 1. The van der Waals surface area contributed by atoms with Crippen molar-refractivity contribution in [2.75, 3.05) is 11.2 Å². The number of urea groups is 1. The number of benzene rings is 1. The number of hydrogen-bond acceptors (Lipinski definition) is 2. The van der Waals surface area contributed by atoms with Gasteiger partial charge in [-0.1, -0.05) is 0 Å². The molecule has 92 valence electrons. The van der Waals surface area contributed by atoms with E-state index in [9.17, 15) is 9.59 Å². The lowest BCUT2D eigenvalue weighted by molar-refractivity contribution is -0.117. The molecule has 0 saturated carbocycles. The van der Waals surface area contributed by atoms with Crippen LogP contribution in [0.1, 0.15) is 5.56 Å². The Morgan fingerprint density at radius 3 is 2.29 bits per heavy atom. The summed E-state index contributed by atoms with van der Waals surface area (Å²) in [5.74, 6) is -0.813. The molecular weight excluding hydrogens is 375 g/mol. The van der Waals surface area contributed by atoms with E-state index in [1.165, 1.54) is 0 Å². The highest BCUT2D eigenvalue weighted by Gasteiger charge is 2.11. The topological polar surface area (TPSA) is 58.2 Å². The summed E-state index contributed by atoms with van der Waals surface area (Å²) in [5.41, 5.74) is 1.59. The van der Waals surface area contributed by atoms with Gasteiger partial charge in [-0.15, -0.1) is 11.6 Å². The quantitative estimate of drug-likeness (QED) is 0.768. The van der Waals surface area contributed by atoms with Gasteiger partial charge in [0.2, 0.25) is 5.91 Å². The van der Waals surface area contributed by atoms with Gasteiger partial charge in [-0.2, -0.15) is 0 Å². The molecule has 0 spiro atoms. The molecule has 7 heteroatoms. The molecule has 1 rings (SSSR count). The predicted molar refractivity (Wildman–Crippen MR) is 74.5 cm³/mol. The van der Waals surface area contributed by atoms with Gasteiger partial charge in [0.25, 0.3) is 0 Å². The van der Waals surface area contributed by atoms with Crippen molar-refractivity contribution in [2.24, 2.45) is 0 Å². The Labute approximate surface area is 120 Å². The maximum atomic E-state index is 11.4. The van der Waals surface area contributed by atoms with E-state index in [0.717, 1.165) is 14.5 Å². The minimum absolute atomic E-state index is 0.260. The van der Waals surface area contributed by atoms with E-state index in [4.69, 9.17) is 11.6 Å². The second kappa shape index (κ2) is 6.37. The maximum absolute atomic E-state index is 11.4. The molecule has 0 aliphatic rings. The lowest BCUT2D eigenvalue weighted by Crippen LogP contribution is -2.35. The number of amides is 3. The molecule has 0 fully saturated rings. The molecule has 0 aromatic heterocycles. The minimum Gasteiger partial charge on any atom is -0.305 e. The number of nitrogens with one attached hydrogen (secondary N) is 2. The second-order valence-corrected chi connectivity index (χ2v) is 5.22. The molecule has 3 amide bonds. The highest BCUT2D eigenvalue weighted by atomic mass is 79.9. The first-order chi connectivity index (χ1) is 7.93. The van der Waals surface area contributed by atoms with E-state index in [1.54, 1.807) is 0 Å². The highest BCUT2D eigenvalue weighted by molar-refractivity contribution is 9.11. The SMILES string of the molecule is Cc1cc(Br)c(NC(=O)NC(=O)CCl)c(Br)c1. The predicted octanol–water partition coefficient (Wildman–Crippen LogP) is 3.41. The van der Waals surface area contributed by atoms with Crippen LogP contribution in [0.25, 0.3) is 0 Å². The third-order valence-corrected chi connectivity index (χ3v) is 3.29. The summed E-state index contributed by atoms with van der Waals surface area (Å²) in [6, 6.07) is 3.08. The van der Waals surface area contributed by atoms with Gasteiger partial charge in [-0.3, -0.25) is 10.1 Å². The van der Waals surface area contributed by atoms with Crippen molar-refractivity contribution in [1.29, 1.82) is 0 Å². The van der Waals surface area contributed by atoms with Crippen molar-refractivity contribution in [2.45, 2.75) is 6.92 Å². The second-order valence-electron chi connectivity index (χ2n) is 3.24. The average molecular weight is 384 g/mol. The van der Waals surface area contributed by atoms with E-state index < -0.39 is 11.9 Å². The van der Waals surface area contributed by atoms with Gasteiger partial charge >= 0.3 is 6.03 Å². The molecule has 0 radical (unpaired) electrons. The summed E-state index contributed by atoms with van der Waals surface area (Å²) in [7, 11) is 0. The van der Waals surface area contributed by atoms with E-state index in [-0.39, 0.29) is 5.88 Å². The number of halogens is 3. The van der Waals surface area contributed by atoms with Crippen molar-refractivity contribution in [3.05, 3.63) is 26.6 Å². The normalized spacial score (nSPS) is 9.88. The number of alkyl halides is 1. The van der Waals surface area contributed by atoms with E-state index in [2.05, 4.69) is 42.5 Å². The molecule has 4 nitrogen and oxygen atoms in total. The number of anilines is 1. The molecule has 17 heavy (non-hydrogen) atoms. The van der Waals surface area contributed by atoms with Crippen molar-refractivity contribution in [3.8, 4) is 0 Å².